The fourth-order valence-corrected chi connectivity index (χ4v) is 2.28. The Hall–Kier alpha value is -2.73. The molecule has 0 spiro atoms. The highest BCUT2D eigenvalue weighted by Gasteiger charge is 2.11. The van der Waals surface area contributed by atoms with E-state index in [0.717, 1.165) is 5.56 Å². The molecular formula is C19H24N4O2. The SMILES string of the molecule is CC(C)c1ccc(C(N)CNC(=O)CNC(=O)c2ccccn2)cc1. The molecule has 6 heteroatoms. The molecule has 0 saturated heterocycles. The standard InChI is InChI=1S/C19H24N4O2/c1-13(2)14-6-8-15(9-7-14)16(20)11-22-18(24)12-23-19(25)17-5-3-4-10-21-17/h3-10,13,16H,11-12,20H2,1-2H3,(H,22,24)(H,23,25). The molecule has 1 aromatic heterocycles. The first-order valence-electron chi connectivity index (χ1n) is 8.28. The first-order valence-corrected chi connectivity index (χ1v) is 8.28. The van der Waals surface area contributed by atoms with Gasteiger partial charge in [-0.2, -0.15) is 0 Å². The summed E-state index contributed by atoms with van der Waals surface area (Å²) in [4.78, 5) is 27.6. The van der Waals surface area contributed by atoms with Crippen LogP contribution >= 0.6 is 0 Å². The molecule has 6 nitrogen and oxygen atoms in total. The molecular weight excluding hydrogens is 316 g/mol. The minimum absolute atomic E-state index is 0.117. The van der Waals surface area contributed by atoms with Crippen LogP contribution in [0, 0.1) is 0 Å². The maximum Gasteiger partial charge on any atom is 0.270 e. The molecule has 132 valence electrons. The molecule has 1 heterocycles. The number of carbonyl (C=O) groups is 2. The fraction of sp³-hybridized carbons (Fsp3) is 0.316. The molecule has 1 unspecified atom stereocenters. The van der Waals surface area contributed by atoms with Crippen molar-refractivity contribution in [2.45, 2.75) is 25.8 Å². The number of aromatic nitrogens is 1. The smallest absolute Gasteiger partial charge is 0.270 e. The Balaban J connectivity index is 1.76. The molecule has 0 bridgehead atoms. The summed E-state index contributed by atoms with van der Waals surface area (Å²) in [6.45, 7) is 4.45. The Morgan fingerprint density at radius 3 is 2.32 bits per heavy atom. The lowest BCUT2D eigenvalue weighted by atomic mass is 9.99. The van der Waals surface area contributed by atoms with Gasteiger partial charge in [-0.25, -0.2) is 0 Å². The summed E-state index contributed by atoms with van der Waals surface area (Å²) in [5.41, 5.74) is 8.59. The third-order valence-electron chi connectivity index (χ3n) is 3.86. The van der Waals surface area contributed by atoms with Crippen molar-refractivity contribution in [3.05, 3.63) is 65.5 Å². The number of rotatable bonds is 7. The lowest BCUT2D eigenvalue weighted by Crippen LogP contribution is -2.39. The van der Waals surface area contributed by atoms with Gasteiger partial charge in [-0.3, -0.25) is 14.6 Å². The number of amides is 2. The van der Waals surface area contributed by atoms with Crippen LogP contribution in [0.2, 0.25) is 0 Å². The number of nitrogens with two attached hydrogens (primary N) is 1. The van der Waals surface area contributed by atoms with Crippen LogP contribution in [0.5, 0.6) is 0 Å². The molecule has 4 N–H and O–H groups in total. The van der Waals surface area contributed by atoms with Crippen molar-refractivity contribution in [3.63, 3.8) is 0 Å². The zero-order valence-electron chi connectivity index (χ0n) is 14.5. The molecule has 0 aliphatic heterocycles. The van der Waals surface area contributed by atoms with Gasteiger partial charge in [-0.1, -0.05) is 44.2 Å². The molecule has 0 fully saturated rings. The van der Waals surface area contributed by atoms with Gasteiger partial charge in [-0.05, 0) is 29.2 Å². The highest BCUT2D eigenvalue weighted by Crippen LogP contribution is 2.17. The fourth-order valence-electron chi connectivity index (χ4n) is 2.28. The number of nitrogens with zero attached hydrogens (tertiary/aromatic N) is 1. The van der Waals surface area contributed by atoms with Crippen LogP contribution in [0.15, 0.2) is 48.7 Å². The maximum absolute atomic E-state index is 11.9. The lowest BCUT2D eigenvalue weighted by Gasteiger charge is -2.15. The number of hydrogen-bond donors (Lipinski definition) is 3. The van der Waals surface area contributed by atoms with Gasteiger partial charge in [0.05, 0.1) is 6.54 Å². The van der Waals surface area contributed by atoms with Gasteiger partial charge in [0.25, 0.3) is 5.91 Å². The van der Waals surface area contributed by atoms with E-state index in [0.29, 0.717) is 12.5 Å². The highest BCUT2D eigenvalue weighted by molar-refractivity contribution is 5.94. The van der Waals surface area contributed by atoms with Gasteiger partial charge in [0.1, 0.15) is 5.69 Å². The summed E-state index contributed by atoms with van der Waals surface area (Å²) >= 11 is 0. The zero-order valence-corrected chi connectivity index (χ0v) is 14.5. The van der Waals surface area contributed by atoms with Crippen molar-refractivity contribution in [1.29, 1.82) is 0 Å². The van der Waals surface area contributed by atoms with Crippen molar-refractivity contribution in [2.75, 3.05) is 13.1 Å². The summed E-state index contributed by atoms with van der Waals surface area (Å²) < 4.78 is 0. The third kappa shape index (κ3) is 5.69. The second-order valence-electron chi connectivity index (χ2n) is 6.13. The quantitative estimate of drug-likeness (QED) is 0.715. The van der Waals surface area contributed by atoms with Crippen LogP contribution in [0.3, 0.4) is 0 Å². The van der Waals surface area contributed by atoms with E-state index >= 15 is 0 Å². The van der Waals surface area contributed by atoms with E-state index in [-0.39, 0.29) is 30.1 Å². The van der Waals surface area contributed by atoms with Crippen molar-refractivity contribution in [1.82, 2.24) is 15.6 Å². The van der Waals surface area contributed by atoms with Crippen LogP contribution in [-0.4, -0.2) is 29.9 Å². The molecule has 2 aromatic rings. The molecule has 0 aliphatic rings. The van der Waals surface area contributed by atoms with Crippen LogP contribution in [0.4, 0.5) is 0 Å². The van der Waals surface area contributed by atoms with Crippen molar-refractivity contribution >= 4 is 11.8 Å². The zero-order chi connectivity index (χ0) is 18.2. The van der Waals surface area contributed by atoms with E-state index in [1.54, 1.807) is 18.2 Å². The average Bonchev–Trinajstić information content (AvgIpc) is 2.64. The number of benzene rings is 1. The van der Waals surface area contributed by atoms with Crippen LogP contribution < -0.4 is 16.4 Å². The average molecular weight is 340 g/mol. The van der Waals surface area contributed by atoms with Gasteiger partial charge < -0.3 is 16.4 Å². The number of pyridine rings is 1. The predicted octanol–water partition coefficient (Wildman–Crippen LogP) is 1.75. The van der Waals surface area contributed by atoms with E-state index < -0.39 is 0 Å². The van der Waals surface area contributed by atoms with Crippen LogP contribution in [0.1, 0.15) is 47.4 Å². The number of hydrogen-bond acceptors (Lipinski definition) is 4. The molecule has 2 rings (SSSR count). The number of nitrogens with one attached hydrogen (secondary N) is 2. The van der Waals surface area contributed by atoms with Gasteiger partial charge in [-0.15, -0.1) is 0 Å². The summed E-state index contributed by atoms with van der Waals surface area (Å²) in [6.07, 6.45) is 1.53. The first kappa shape index (κ1) is 18.6. The Kier molecular flexibility index (Phi) is 6.65. The van der Waals surface area contributed by atoms with Gasteiger partial charge in [0.15, 0.2) is 0 Å². The van der Waals surface area contributed by atoms with Crippen molar-refractivity contribution in [2.24, 2.45) is 5.73 Å². The van der Waals surface area contributed by atoms with Gasteiger partial charge in [0.2, 0.25) is 5.91 Å². The first-order chi connectivity index (χ1) is 12.0. The molecule has 0 aliphatic carbocycles. The Morgan fingerprint density at radius 1 is 1.04 bits per heavy atom. The molecule has 1 atom stereocenters. The summed E-state index contributed by atoms with van der Waals surface area (Å²) in [7, 11) is 0. The van der Waals surface area contributed by atoms with E-state index in [1.165, 1.54) is 11.8 Å². The molecule has 25 heavy (non-hydrogen) atoms. The largest absolute Gasteiger partial charge is 0.353 e. The van der Waals surface area contributed by atoms with Crippen LogP contribution in [0.25, 0.3) is 0 Å². The van der Waals surface area contributed by atoms with E-state index in [2.05, 4.69) is 41.6 Å². The predicted molar refractivity (Wildman–Crippen MR) is 97.0 cm³/mol. The summed E-state index contributed by atoms with van der Waals surface area (Å²) in [6, 6.07) is 12.8. The topological polar surface area (TPSA) is 97.1 Å². The van der Waals surface area contributed by atoms with Gasteiger partial charge in [0, 0.05) is 18.8 Å². The molecule has 1 aromatic carbocycles. The van der Waals surface area contributed by atoms with E-state index in [4.69, 9.17) is 5.73 Å². The van der Waals surface area contributed by atoms with Crippen LogP contribution in [-0.2, 0) is 4.79 Å². The van der Waals surface area contributed by atoms with E-state index in [1.807, 2.05) is 12.1 Å². The van der Waals surface area contributed by atoms with E-state index in [9.17, 15) is 9.59 Å². The Labute approximate surface area is 147 Å². The van der Waals surface area contributed by atoms with Crippen molar-refractivity contribution in [3.8, 4) is 0 Å². The summed E-state index contributed by atoms with van der Waals surface area (Å²) in [5.74, 6) is -0.212. The molecule has 2 amide bonds. The minimum atomic E-state index is -0.385. The lowest BCUT2D eigenvalue weighted by molar-refractivity contribution is -0.120. The Bertz CT molecular complexity index is 699. The molecule has 0 saturated carbocycles. The minimum Gasteiger partial charge on any atom is -0.353 e. The third-order valence-corrected chi connectivity index (χ3v) is 3.86. The van der Waals surface area contributed by atoms with Crippen molar-refractivity contribution < 1.29 is 9.59 Å². The second kappa shape index (κ2) is 8.94. The monoisotopic (exact) mass is 340 g/mol. The summed E-state index contributed by atoms with van der Waals surface area (Å²) in [5, 5.41) is 5.25. The number of carbonyl (C=O) groups excluding carboxylic acids is 2. The molecule has 0 radical (unpaired) electrons. The highest BCUT2D eigenvalue weighted by atomic mass is 16.2. The second-order valence-corrected chi connectivity index (χ2v) is 6.13. The van der Waals surface area contributed by atoms with Gasteiger partial charge >= 0.3 is 0 Å². The maximum atomic E-state index is 11.9. The Morgan fingerprint density at radius 2 is 1.72 bits per heavy atom. The normalized spacial score (nSPS) is 11.8.